The van der Waals surface area contributed by atoms with Crippen LogP contribution in [0.1, 0.15) is 80.6 Å². The van der Waals surface area contributed by atoms with Gasteiger partial charge >= 0.3 is 5.97 Å². The summed E-state index contributed by atoms with van der Waals surface area (Å²) in [5.74, 6) is -3.61. The molecular weight excluding hydrogens is 424 g/mol. The van der Waals surface area contributed by atoms with Crippen LogP contribution in [0.2, 0.25) is 0 Å². The Hall–Kier alpha value is -2.25. The maximum Gasteiger partial charge on any atom is 0.306 e. The minimum Gasteiger partial charge on any atom is -0.465 e. The predicted molar refractivity (Wildman–Crippen MR) is 125 cm³/mol. The number of esters is 1. The van der Waals surface area contributed by atoms with E-state index in [-0.39, 0.29) is 48.4 Å². The average Bonchev–Trinajstić information content (AvgIpc) is 2.84. The van der Waals surface area contributed by atoms with Gasteiger partial charge in [0, 0.05) is 18.9 Å². The first kappa shape index (κ1) is 28.8. The zero-order valence-corrected chi connectivity index (χ0v) is 21.3. The molecule has 1 heterocycles. The lowest BCUT2D eigenvalue weighted by atomic mass is 9.87. The third-order valence-corrected chi connectivity index (χ3v) is 5.66. The summed E-state index contributed by atoms with van der Waals surface area (Å²) in [4.78, 5) is 62.6. The van der Waals surface area contributed by atoms with E-state index < -0.39 is 35.5 Å². The Morgan fingerprint density at radius 2 is 1.76 bits per heavy atom. The number of nitrogens with one attached hydrogen (secondary N) is 2. The SMILES string of the molecule is CC(C)CC(NC(=O)C(CC(=O)OCC(C)(C)C)C(C)C)C(=O)CC1CCCNC(=O)C1=O. The molecular formula is C25H42N2O6. The summed E-state index contributed by atoms with van der Waals surface area (Å²) in [6, 6.07) is -0.775. The van der Waals surface area contributed by atoms with Crippen molar-refractivity contribution in [2.75, 3.05) is 13.2 Å². The molecule has 33 heavy (non-hydrogen) atoms. The number of carbonyl (C=O) groups is 5. The smallest absolute Gasteiger partial charge is 0.306 e. The van der Waals surface area contributed by atoms with Crippen molar-refractivity contribution >= 4 is 29.4 Å². The number of hydrogen-bond acceptors (Lipinski definition) is 6. The van der Waals surface area contributed by atoms with Crippen LogP contribution in [0, 0.1) is 29.1 Å². The van der Waals surface area contributed by atoms with Crippen LogP contribution in [-0.2, 0) is 28.7 Å². The second-order valence-electron chi connectivity index (χ2n) is 11.1. The van der Waals surface area contributed by atoms with Crippen molar-refractivity contribution in [2.24, 2.45) is 29.1 Å². The highest BCUT2D eigenvalue weighted by atomic mass is 16.5. The van der Waals surface area contributed by atoms with Crippen molar-refractivity contribution in [1.82, 2.24) is 10.6 Å². The molecule has 2 N–H and O–H groups in total. The van der Waals surface area contributed by atoms with Gasteiger partial charge in [-0.25, -0.2) is 0 Å². The number of ketones is 2. The third kappa shape index (κ3) is 10.5. The highest BCUT2D eigenvalue weighted by molar-refractivity contribution is 6.37. The molecule has 0 saturated carbocycles. The first-order chi connectivity index (χ1) is 15.2. The molecule has 3 unspecified atom stereocenters. The molecule has 0 aromatic carbocycles. The van der Waals surface area contributed by atoms with Crippen LogP contribution in [0.4, 0.5) is 0 Å². The van der Waals surface area contributed by atoms with E-state index in [4.69, 9.17) is 4.74 Å². The molecule has 0 aromatic rings. The lowest BCUT2D eigenvalue weighted by Crippen LogP contribution is -2.47. The Bertz CT molecular complexity index is 723. The number of rotatable bonds is 11. The van der Waals surface area contributed by atoms with E-state index in [1.807, 2.05) is 48.5 Å². The van der Waals surface area contributed by atoms with E-state index >= 15 is 0 Å². The molecule has 0 radical (unpaired) electrons. The van der Waals surface area contributed by atoms with E-state index in [0.717, 1.165) is 0 Å². The first-order valence-electron chi connectivity index (χ1n) is 12.0. The van der Waals surface area contributed by atoms with Crippen LogP contribution in [0.15, 0.2) is 0 Å². The first-order valence-corrected chi connectivity index (χ1v) is 12.0. The number of Topliss-reactive ketones (excluding diaryl/α,β-unsaturated/α-hetero) is 2. The zero-order valence-electron chi connectivity index (χ0n) is 21.3. The molecule has 8 nitrogen and oxygen atoms in total. The molecule has 3 atom stereocenters. The Morgan fingerprint density at radius 3 is 2.30 bits per heavy atom. The van der Waals surface area contributed by atoms with Crippen molar-refractivity contribution < 1.29 is 28.7 Å². The average molecular weight is 467 g/mol. The van der Waals surface area contributed by atoms with Gasteiger partial charge in [-0.15, -0.1) is 0 Å². The van der Waals surface area contributed by atoms with Gasteiger partial charge in [0.15, 0.2) is 5.78 Å². The number of amides is 2. The topological polar surface area (TPSA) is 119 Å². The van der Waals surface area contributed by atoms with E-state index in [0.29, 0.717) is 25.8 Å². The molecule has 0 spiro atoms. The summed E-state index contributed by atoms with van der Waals surface area (Å²) < 4.78 is 5.33. The highest BCUT2D eigenvalue weighted by Gasteiger charge is 2.34. The fourth-order valence-electron chi connectivity index (χ4n) is 3.72. The minimum absolute atomic E-state index is 0.0660. The van der Waals surface area contributed by atoms with Crippen molar-refractivity contribution in [3.05, 3.63) is 0 Å². The maximum absolute atomic E-state index is 13.1. The van der Waals surface area contributed by atoms with E-state index in [1.54, 1.807) is 0 Å². The van der Waals surface area contributed by atoms with E-state index in [9.17, 15) is 24.0 Å². The van der Waals surface area contributed by atoms with Crippen molar-refractivity contribution in [2.45, 2.75) is 86.6 Å². The van der Waals surface area contributed by atoms with Crippen LogP contribution in [0.5, 0.6) is 0 Å². The van der Waals surface area contributed by atoms with Gasteiger partial charge in [0.05, 0.1) is 25.0 Å². The molecule has 1 fully saturated rings. The van der Waals surface area contributed by atoms with Gasteiger partial charge in [0.1, 0.15) is 0 Å². The standard InChI is InChI=1S/C25H42N2O6/c1-15(2)11-19(20(28)12-17-9-8-10-26-24(32)22(17)30)27-23(31)18(16(3)4)13-21(29)33-14-25(5,6)7/h15-19H,8-14H2,1-7H3,(H,26,32)(H,27,31). The van der Waals surface area contributed by atoms with Crippen LogP contribution in [0.3, 0.4) is 0 Å². The summed E-state index contributed by atoms with van der Waals surface area (Å²) in [5, 5.41) is 5.37. The molecule has 8 heteroatoms. The molecule has 188 valence electrons. The summed E-state index contributed by atoms with van der Waals surface area (Å²) in [6.07, 6.45) is 1.35. The van der Waals surface area contributed by atoms with Gasteiger partial charge in [-0.1, -0.05) is 48.5 Å². The van der Waals surface area contributed by atoms with Crippen LogP contribution >= 0.6 is 0 Å². The number of carbonyl (C=O) groups excluding carboxylic acids is 5. The van der Waals surface area contributed by atoms with Crippen molar-refractivity contribution in [1.29, 1.82) is 0 Å². The third-order valence-electron chi connectivity index (χ3n) is 5.66. The summed E-state index contributed by atoms with van der Waals surface area (Å²) >= 11 is 0. The normalized spacial score (nSPS) is 19.0. The van der Waals surface area contributed by atoms with Gasteiger partial charge in [0.25, 0.3) is 5.91 Å². The summed E-state index contributed by atoms with van der Waals surface area (Å²) in [7, 11) is 0. The Morgan fingerprint density at radius 1 is 1.12 bits per heavy atom. The second-order valence-corrected chi connectivity index (χ2v) is 11.1. The summed E-state index contributed by atoms with van der Waals surface area (Å²) in [6.45, 7) is 14.1. The highest BCUT2D eigenvalue weighted by Crippen LogP contribution is 2.22. The second kappa shape index (κ2) is 12.8. The minimum atomic E-state index is -0.775. The Balaban J connectivity index is 2.87. The lowest BCUT2D eigenvalue weighted by Gasteiger charge is -2.26. The van der Waals surface area contributed by atoms with E-state index in [1.165, 1.54) is 0 Å². The van der Waals surface area contributed by atoms with Crippen molar-refractivity contribution in [3.8, 4) is 0 Å². The van der Waals surface area contributed by atoms with Gasteiger partial charge in [-0.05, 0) is 36.5 Å². The fraction of sp³-hybridized carbons (Fsp3) is 0.800. The fourth-order valence-corrected chi connectivity index (χ4v) is 3.72. The number of hydrogen-bond donors (Lipinski definition) is 2. The number of ether oxygens (including phenoxy) is 1. The molecule has 2 amide bonds. The maximum atomic E-state index is 13.1. The van der Waals surface area contributed by atoms with Gasteiger partial charge in [-0.2, -0.15) is 0 Å². The monoisotopic (exact) mass is 466 g/mol. The Labute approximate surface area is 198 Å². The van der Waals surface area contributed by atoms with Crippen molar-refractivity contribution in [3.63, 3.8) is 0 Å². The molecule has 1 saturated heterocycles. The van der Waals surface area contributed by atoms with Gasteiger partial charge in [0.2, 0.25) is 11.7 Å². The van der Waals surface area contributed by atoms with Crippen LogP contribution in [0.25, 0.3) is 0 Å². The van der Waals surface area contributed by atoms with Gasteiger partial charge in [-0.3, -0.25) is 24.0 Å². The lowest BCUT2D eigenvalue weighted by molar-refractivity contribution is -0.150. The molecule has 0 aromatic heterocycles. The molecule has 1 rings (SSSR count). The summed E-state index contributed by atoms with van der Waals surface area (Å²) in [5.41, 5.74) is -0.174. The molecule has 1 aliphatic heterocycles. The molecule has 0 bridgehead atoms. The van der Waals surface area contributed by atoms with Gasteiger partial charge < -0.3 is 15.4 Å². The van der Waals surface area contributed by atoms with Crippen LogP contribution in [-0.4, -0.2) is 48.5 Å². The predicted octanol–water partition coefficient (Wildman–Crippen LogP) is 2.82. The molecule has 1 aliphatic rings. The zero-order chi connectivity index (χ0) is 25.3. The quantitative estimate of drug-likeness (QED) is 0.357. The molecule has 0 aliphatic carbocycles. The largest absolute Gasteiger partial charge is 0.465 e. The van der Waals surface area contributed by atoms with Crippen LogP contribution < -0.4 is 10.6 Å². The Kier molecular flexibility index (Phi) is 11.2. The van der Waals surface area contributed by atoms with E-state index in [2.05, 4.69) is 10.6 Å².